The van der Waals surface area contributed by atoms with Crippen LogP contribution in [0, 0.1) is 18.3 Å². The number of hydrogen-bond donors (Lipinski definition) is 0. The lowest BCUT2D eigenvalue weighted by Gasteiger charge is -2.04. The van der Waals surface area contributed by atoms with Gasteiger partial charge in [-0.05, 0) is 43.9 Å². The number of carbonyl (C=O) groups is 2. The van der Waals surface area contributed by atoms with Crippen molar-refractivity contribution in [2.24, 2.45) is 10.9 Å². The fraction of sp³-hybridized carbons (Fsp3) is 0.450. The van der Waals surface area contributed by atoms with E-state index in [-0.39, 0.29) is 11.9 Å². The van der Waals surface area contributed by atoms with Crippen molar-refractivity contribution in [1.82, 2.24) is 4.57 Å². The van der Waals surface area contributed by atoms with E-state index in [0.717, 1.165) is 23.1 Å². The summed E-state index contributed by atoms with van der Waals surface area (Å²) >= 11 is 1.37. The van der Waals surface area contributed by atoms with Gasteiger partial charge in [-0.25, -0.2) is 4.79 Å². The number of hydrogen-bond acceptors (Lipinski definition) is 4. The number of rotatable bonds is 5. The lowest BCUT2D eigenvalue weighted by Crippen LogP contribution is -2.17. The maximum Gasteiger partial charge on any atom is 0.338 e. The average molecular weight is 370 g/mol. The van der Waals surface area contributed by atoms with Gasteiger partial charge in [-0.1, -0.05) is 30.1 Å². The number of amides is 1. The molecule has 0 bridgehead atoms. The van der Waals surface area contributed by atoms with Gasteiger partial charge in [0.05, 0.1) is 28.9 Å². The Hall–Kier alpha value is -2.39. The van der Waals surface area contributed by atoms with Crippen LogP contribution in [0.25, 0.3) is 10.2 Å². The molecular formula is C20H22N2O3S. The highest BCUT2D eigenvalue weighted by atomic mass is 32.1. The van der Waals surface area contributed by atoms with Gasteiger partial charge in [0.2, 0.25) is 5.91 Å². The molecule has 6 heteroatoms. The number of thiazole rings is 1. The molecule has 0 aliphatic heterocycles. The molecule has 1 heterocycles. The Bertz CT molecular complexity index is 927. The van der Waals surface area contributed by atoms with E-state index in [1.165, 1.54) is 24.2 Å². The van der Waals surface area contributed by atoms with Crippen molar-refractivity contribution in [1.29, 1.82) is 0 Å². The zero-order chi connectivity index (χ0) is 18.5. The molecule has 26 heavy (non-hydrogen) atoms. The van der Waals surface area contributed by atoms with E-state index in [1.54, 1.807) is 19.1 Å². The van der Waals surface area contributed by atoms with Crippen molar-refractivity contribution >= 4 is 33.4 Å². The molecule has 5 nitrogen and oxygen atoms in total. The van der Waals surface area contributed by atoms with Crippen molar-refractivity contribution < 1.29 is 14.3 Å². The zero-order valence-electron chi connectivity index (χ0n) is 14.9. The number of ether oxygens (including phenoxy) is 1. The molecule has 2 aromatic rings. The molecule has 1 amide bonds. The van der Waals surface area contributed by atoms with Gasteiger partial charge in [0.25, 0.3) is 0 Å². The summed E-state index contributed by atoms with van der Waals surface area (Å²) in [4.78, 5) is 29.2. The second-order valence-electron chi connectivity index (χ2n) is 6.44. The smallest absolute Gasteiger partial charge is 0.338 e. The minimum atomic E-state index is -0.359. The predicted molar refractivity (Wildman–Crippen MR) is 102 cm³/mol. The highest BCUT2D eigenvalue weighted by Gasteiger charge is 2.18. The van der Waals surface area contributed by atoms with Gasteiger partial charge in [-0.2, -0.15) is 4.99 Å². The Morgan fingerprint density at radius 1 is 1.38 bits per heavy atom. The highest BCUT2D eigenvalue weighted by molar-refractivity contribution is 7.16. The molecule has 1 aliphatic rings. The van der Waals surface area contributed by atoms with Crippen LogP contribution in [0.5, 0.6) is 0 Å². The number of nitrogens with zero attached hydrogens (tertiary/aromatic N) is 2. The number of esters is 1. The fourth-order valence-electron chi connectivity index (χ4n) is 3.36. The van der Waals surface area contributed by atoms with Crippen LogP contribution in [0.15, 0.2) is 23.2 Å². The molecule has 0 spiro atoms. The maximum absolute atomic E-state index is 12.4. The molecule has 1 fully saturated rings. The first kappa shape index (κ1) is 18.4. The monoisotopic (exact) mass is 370 g/mol. The first-order valence-electron chi connectivity index (χ1n) is 8.94. The highest BCUT2D eigenvalue weighted by Crippen LogP contribution is 2.27. The van der Waals surface area contributed by atoms with E-state index in [1.807, 2.05) is 10.6 Å². The minimum absolute atomic E-state index is 0.0974. The summed E-state index contributed by atoms with van der Waals surface area (Å²) in [5.74, 6) is 2.61. The van der Waals surface area contributed by atoms with Crippen LogP contribution in [0.1, 0.15) is 49.4 Å². The first-order valence-corrected chi connectivity index (χ1v) is 9.75. The summed E-state index contributed by atoms with van der Waals surface area (Å²) in [5.41, 5.74) is 1.35. The molecule has 3 rings (SSSR count). The molecule has 0 unspecified atom stereocenters. The fourth-order valence-corrected chi connectivity index (χ4v) is 4.44. The molecule has 1 aliphatic carbocycles. The quantitative estimate of drug-likeness (QED) is 0.598. The number of aromatic nitrogens is 1. The van der Waals surface area contributed by atoms with Gasteiger partial charge in [-0.15, -0.1) is 6.42 Å². The summed E-state index contributed by atoms with van der Waals surface area (Å²) in [6, 6.07) is 5.31. The molecule has 0 atom stereocenters. The van der Waals surface area contributed by atoms with Crippen LogP contribution in [0.4, 0.5) is 0 Å². The number of benzene rings is 1. The molecule has 0 radical (unpaired) electrons. The summed E-state index contributed by atoms with van der Waals surface area (Å²) < 4.78 is 7.76. The van der Waals surface area contributed by atoms with Crippen LogP contribution in [-0.4, -0.2) is 23.1 Å². The molecular weight excluding hydrogens is 348 g/mol. The van der Waals surface area contributed by atoms with Crippen molar-refractivity contribution in [3.8, 4) is 12.3 Å². The molecule has 0 N–H and O–H groups in total. The standard InChI is InChI=1S/C20H22N2O3S/c1-3-11-22-16-10-9-15(19(24)25-4-2)13-17(16)26-20(22)21-18(23)12-14-7-5-6-8-14/h1,9-10,13-14H,4-8,11-12H2,2H3. The summed E-state index contributed by atoms with van der Waals surface area (Å²) in [5, 5.41) is 0. The molecule has 136 valence electrons. The normalized spacial score (nSPS) is 15.3. The third-order valence-electron chi connectivity index (χ3n) is 4.60. The number of fused-ring (bicyclic) bond motifs is 1. The number of terminal acetylenes is 1. The van der Waals surface area contributed by atoms with Crippen molar-refractivity contribution in [2.45, 2.75) is 45.6 Å². The molecule has 1 saturated carbocycles. The Balaban J connectivity index is 1.96. The van der Waals surface area contributed by atoms with E-state index < -0.39 is 0 Å². The van der Waals surface area contributed by atoms with E-state index >= 15 is 0 Å². The topological polar surface area (TPSA) is 60.7 Å². The second kappa shape index (κ2) is 8.33. The zero-order valence-corrected chi connectivity index (χ0v) is 15.7. The van der Waals surface area contributed by atoms with E-state index in [2.05, 4.69) is 10.9 Å². The van der Waals surface area contributed by atoms with Crippen LogP contribution in [0.3, 0.4) is 0 Å². The Morgan fingerprint density at radius 2 is 2.15 bits per heavy atom. The van der Waals surface area contributed by atoms with E-state index in [4.69, 9.17) is 11.2 Å². The lowest BCUT2D eigenvalue weighted by molar-refractivity contribution is -0.118. The summed E-state index contributed by atoms with van der Waals surface area (Å²) in [7, 11) is 0. The van der Waals surface area contributed by atoms with E-state index in [9.17, 15) is 9.59 Å². The number of carbonyl (C=O) groups excluding carboxylic acids is 2. The molecule has 1 aromatic heterocycles. The van der Waals surface area contributed by atoms with Crippen molar-refractivity contribution in [3.63, 3.8) is 0 Å². The summed E-state index contributed by atoms with van der Waals surface area (Å²) in [6.45, 7) is 2.43. The molecule has 1 aromatic carbocycles. The summed E-state index contributed by atoms with van der Waals surface area (Å²) in [6.07, 6.45) is 10.6. The SMILES string of the molecule is C#CCn1c(=NC(=O)CC2CCCC2)sc2cc(C(=O)OCC)ccc21. The van der Waals surface area contributed by atoms with Crippen molar-refractivity contribution in [3.05, 3.63) is 28.6 Å². The third-order valence-corrected chi connectivity index (χ3v) is 5.64. The van der Waals surface area contributed by atoms with Crippen LogP contribution in [0.2, 0.25) is 0 Å². The maximum atomic E-state index is 12.4. The average Bonchev–Trinajstić information content (AvgIpc) is 3.23. The predicted octanol–water partition coefficient (Wildman–Crippen LogP) is 3.52. The van der Waals surface area contributed by atoms with Gasteiger partial charge in [-0.3, -0.25) is 4.79 Å². The molecule has 0 saturated heterocycles. The Kier molecular flexibility index (Phi) is 5.89. The Labute approximate surface area is 156 Å². The second-order valence-corrected chi connectivity index (χ2v) is 7.45. The van der Waals surface area contributed by atoms with Crippen molar-refractivity contribution in [2.75, 3.05) is 6.61 Å². The third kappa shape index (κ3) is 4.05. The van der Waals surface area contributed by atoms with Gasteiger partial charge < -0.3 is 9.30 Å². The largest absolute Gasteiger partial charge is 0.462 e. The van der Waals surface area contributed by atoms with E-state index in [0.29, 0.717) is 35.9 Å². The van der Waals surface area contributed by atoms with Crippen LogP contribution >= 0.6 is 11.3 Å². The van der Waals surface area contributed by atoms with Gasteiger partial charge in [0.1, 0.15) is 0 Å². The lowest BCUT2D eigenvalue weighted by atomic mass is 10.0. The van der Waals surface area contributed by atoms with Gasteiger partial charge in [0.15, 0.2) is 4.80 Å². The minimum Gasteiger partial charge on any atom is -0.462 e. The van der Waals surface area contributed by atoms with Crippen LogP contribution in [-0.2, 0) is 16.1 Å². The van der Waals surface area contributed by atoms with Gasteiger partial charge >= 0.3 is 5.97 Å². The van der Waals surface area contributed by atoms with Gasteiger partial charge in [0, 0.05) is 6.42 Å². The van der Waals surface area contributed by atoms with Crippen LogP contribution < -0.4 is 4.80 Å². The first-order chi connectivity index (χ1) is 12.6. The Morgan fingerprint density at radius 3 is 2.85 bits per heavy atom.